The molecular formula is C19H20ClN3S. The van der Waals surface area contributed by atoms with Crippen LogP contribution in [0.2, 0.25) is 5.02 Å². The molecule has 0 atom stereocenters. The van der Waals surface area contributed by atoms with Crippen molar-refractivity contribution in [3.63, 3.8) is 0 Å². The first-order valence-electron chi connectivity index (χ1n) is 8.02. The van der Waals surface area contributed by atoms with Crippen molar-refractivity contribution >= 4 is 22.9 Å². The number of thiazole rings is 1. The molecule has 3 rings (SSSR count). The Morgan fingerprint density at radius 2 is 1.92 bits per heavy atom. The predicted molar refractivity (Wildman–Crippen MR) is 101 cm³/mol. The molecule has 0 saturated heterocycles. The summed E-state index contributed by atoms with van der Waals surface area (Å²) in [5, 5.41) is 5.31. The molecule has 0 aliphatic heterocycles. The Kier molecular flexibility index (Phi) is 5.61. The van der Waals surface area contributed by atoms with Crippen molar-refractivity contribution in [1.82, 2.24) is 15.3 Å². The van der Waals surface area contributed by atoms with Gasteiger partial charge < -0.3 is 5.32 Å². The van der Waals surface area contributed by atoms with Crippen LogP contribution in [0.1, 0.15) is 28.8 Å². The van der Waals surface area contributed by atoms with E-state index in [-0.39, 0.29) is 0 Å². The first-order valence-corrected chi connectivity index (χ1v) is 9.22. The quantitative estimate of drug-likeness (QED) is 0.673. The highest BCUT2D eigenvalue weighted by Crippen LogP contribution is 2.28. The highest BCUT2D eigenvalue weighted by Gasteiger charge is 2.10. The van der Waals surface area contributed by atoms with E-state index in [1.807, 2.05) is 36.5 Å². The van der Waals surface area contributed by atoms with Gasteiger partial charge in [0.15, 0.2) is 0 Å². The highest BCUT2D eigenvalue weighted by atomic mass is 35.5. The molecule has 124 valence electrons. The van der Waals surface area contributed by atoms with Crippen LogP contribution in [-0.4, -0.2) is 9.97 Å². The van der Waals surface area contributed by atoms with E-state index in [0.717, 1.165) is 46.5 Å². The molecule has 0 saturated carbocycles. The Morgan fingerprint density at radius 1 is 1.12 bits per heavy atom. The van der Waals surface area contributed by atoms with Gasteiger partial charge in [0.05, 0.1) is 5.69 Å². The Bertz CT molecular complexity index is 812. The van der Waals surface area contributed by atoms with Crippen molar-refractivity contribution in [1.29, 1.82) is 0 Å². The van der Waals surface area contributed by atoms with Gasteiger partial charge in [-0.2, -0.15) is 0 Å². The van der Waals surface area contributed by atoms with E-state index < -0.39 is 0 Å². The zero-order chi connectivity index (χ0) is 16.9. The molecule has 0 amide bonds. The molecule has 3 aromatic rings. The summed E-state index contributed by atoms with van der Waals surface area (Å²) in [4.78, 5) is 10.4. The lowest BCUT2D eigenvalue weighted by molar-refractivity contribution is 0.697. The summed E-state index contributed by atoms with van der Waals surface area (Å²) in [5.74, 6) is 0. The Balaban J connectivity index is 1.66. The molecule has 5 heteroatoms. The topological polar surface area (TPSA) is 37.8 Å². The van der Waals surface area contributed by atoms with Gasteiger partial charge in [0.2, 0.25) is 0 Å². The molecule has 1 N–H and O–H groups in total. The Hall–Kier alpha value is -1.75. The van der Waals surface area contributed by atoms with E-state index in [2.05, 4.69) is 30.2 Å². The highest BCUT2D eigenvalue weighted by molar-refractivity contribution is 7.15. The maximum absolute atomic E-state index is 5.91. The van der Waals surface area contributed by atoms with Gasteiger partial charge in [-0.25, -0.2) is 4.98 Å². The molecular weight excluding hydrogens is 338 g/mol. The largest absolute Gasteiger partial charge is 0.308 e. The van der Waals surface area contributed by atoms with Crippen LogP contribution in [0.25, 0.3) is 10.6 Å². The van der Waals surface area contributed by atoms with E-state index in [0.29, 0.717) is 0 Å². The van der Waals surface area contributed by atoms with E-state index in [1.165, 1.54) is 10.4 Å². The smallest absolute Gasteiger partial charge is 0.124 e. The zero-order valence-electron chi connectivity index (χ0n) is 13.8. The number of rotatable bonds is 6. The Morgan fingerprint density at radius 3 is 2.67 bits per heavy atom. The van der Waals surface area contributed by atoms with Crippen molar-refractivity contribution in [2.75, 3.05) is 0 Å². The number of hydrogen-bond donors (Lipinski definition) is 1. The van der Waals surface area contributed by atoms with Gasteiger partial charge in [0.25, 0.3) is 0 Å². The van der Waals surface area contributed by atoms with E-state index in [4.69, 9.17) is 16.6 Å². The lowest BCUT2D eigenvalue weighted by Gasteiger charge is -2.04. The molecule has 1 aromatic carbocycles. The number of halogens is 1. The van der Waals surface area contributed by atoms with Crippen LogP contribution >= 0.6 is 22.9 Å². The van der Waals surface area contributed by atoms with Crippen LogP contribution in [-0.2, 0) is 19.5 Å². The molecule has 2 aromatic heterocycles. The number of benzene rings is 1. The van der Waals surface area contributed by atoms with Gasteiger partial charge in [-0.1, -0.05) is 30.7 Å². The fourth-order valence-corrected chi connectivity index (χ4v) is 3.60. The van der Waals surface area contributed by atoms with Crippen molar-refractivity contribution in [3.05, 3.63) is 69.4 Å². The summed E-state index contributed by atoms with van der Waals surface area (Å²) in [6.45, 7) is 5.82. The molecule has 0 fully saturated rings. The summed E-state index contributed by atoms with van der Waals surface area (Å²) >= 11 is 7.66. The Labute approximate surface area is 151 Å². The monoisotopic (exact) mass is 357 g/mol. The summed E-state index contributed by atoms with van der Waals surface area (Å²) in [6.07, 6.45) is 2.80. The molecule has 0 aliphatic carbocycles. The molecule has 0 aliphatic rings. The fourth-order valence-electron chi connectivity index (χ4n) is 2.44. The van der Waals surface area contributed by atoms with Crippen LogP contribution in [0.5, 0.6) is 0 Å². The molecule has 3 nitrogen and oxygen atoms in total. The number of pyridine rings is 1. The second kappa shape index (κ2) is 7.88. The van der Waals surface area contributed by atoms with E-state index >= 15 is 0 Å². The minimum atomic E-state index is 0.769. The van der Waals surface area contributed by atoms with Crippen LogP contribution in [0.3, 0.4) is 0 Å². The number of nitrogens with one attached hydrogen (secondary N) is 1. The van der Waals surface area contributed by atoms with E-state index in [1.54, 1.807) is 11.3 Å². The van der Waals surface area contributed by atoms with Gasteiger partial charge in [-0.3, -0.25) is 4.98 Å². The molecule has 0 unspecified atom stereocenters. The van der Waals surface area contributed by atoms with Gasteiger partial charge in [0.1, 0.15) is 5.01 Å². The average molecular weight is 358 g/mol. The minimum absolute atomic E-state index is 0.769. The lowest BCUT2D eigenvalue weighted by Crippen LogP contribution is -2.12. The molecule has 0 spiro atoms. The maximum atomic E-state index is 5.91. The molecule has 24 heavy (non-hydrogen) atoms. The zero-order valence-corrected chi connectivity index (χ0v) is 15.4. The van der Waals surface area contributed by atoms with Crippen LogP contribution in [0.15, 0.2) is 42.6 Å². The van der Waals surface area contributed by atoms with Crippen molar-refractivity contribution in [2.24, 2.45) is 0 Å². The maximum Gasteiger partial charge on any atom is 0.124 e. The normalized spacial score (nSPS) is 11.0. The first kappa shape index (κ1) is 17.1. The molecule has 0 bridgehead atoms. The van der Waals surface area contributed by atoms with Crippen molar-refractivity contribution in [2.45, 2.75) is 33.4 Å². The second-order valence-corrected chi connectivity index (χ2v) is 7.17. The fraction of sp³-hybridized carbons (Fsp3) is 0.263. The number of aromatic nitrogens is 2. The number of hydrogen-bond acceptors (Lipinski definition) is 4. The van der Waals surface area contributed by atoms with Crippen LogP contribution in [0.4, 0.5) is 0 Å². The number of nitrogens with zero attached hydrogens (tertiary/aromatic N) is 2. The van der Waals surface area contributed by atoms with Crippen molar-refractivity contribution < 1.29 is 0 Å². The first-order chi connectivity index (χ1) is 11.7. The third-order valence-electron chi connectivity index (χ3n) is 3.85. The second-order valence-electron chi connectivity index (χ2n) is 5.65. The number of aryl methyl sites for hydroxylation is 2. The summed E-state index contributed by atoms with van der Waals surface area (Å²) in [6, 6.07) is 12.1. The predicted octanol–water partition coefficient (Wildman–Crippen LogP) is 5.02. The van der Waals surface area contributed by atoms with Crippen LogP contribution in [0, 0.1) is 6.92 Å². The molecule has 2 heterocycles. The van der Waals surface area contributed by atoms with E-state index in [9.17, 15) is 0 Å². The van der Waals surface area contributed by atoms with Gasteiger partial charge >= 0.3 is 0 Å². The van der Waals surface area contributed by atoms with Gasteiger partial charge in [-0.05, 0) is 43.2 Å². The van der Waals surface area contributed by atoms with Gasteiger partial charge in [-0.15, -0.1) is 11.3 Å². The summed E-state index contributed by atoms with van der Waals surface area (Å²) in [5.41, 5.74) is 4.57. The minimum Gasteiger partial charge on any atom is -0.308 e. The standard InChI is InChI=1S/C19H20ClN3S/c1-3-17-10-15(8-9-22-17)19-23-13(2)18(24-19)12-21-11-14-4-6-16(20)7-5-14/h4-10,21H,3,11-12H2,1-2H3. The third-order valence-corrected chi connectivity index (χ3v) is 5.30. The van der Waals surface area contributed by atoms with Gasteiger partial charge in [0, 0.05) is 40.4 Å². The average Bonchev–Trinajstić information content (AvgIpc) is 2.98. The SMILES string of the molecule is CCc1cc(-c2nc(C)c(CNCc3ccc(Cl)cc3)s2)ccn1. The third kappa shape index (κ3) is 4.20. The van der Waals surface area contributed by atoms with Crippen LogP contribution < -0.4 is 5.32 Å². The summed E-state index contributed by atoms with van der Waals surface area (Å²) < 4.78 is 0. The lowest BCUT2D eigenvalue weighted by atomic mass is 10.2. The summed E-state index contributed by atoms with van der Waals surface area (Å²) in [7, 11) is 0. The molecule has 0 radical (unpaired) electrons. The van der Waals surface area contributed by atoms with Crippen molar-refractivity contribution in [3.8, 4) is 10.6 Å².